The first-order valence-corrected chi connectivity index (χ1v) is 17.7. The van der Waals surface area contributed by atoms with Gasteiger partial charge >= 0.3 is 12.1 Å². The molecule has 3 N–H and O–H groups in total. The number of carbonyl (C=O) groups excluding carboxylic acids is 2. The molecule has 0 spiro atoms. The number of nitrogens with one attached hydrogen (secondary N) is 2. The van der Waals surface area contributed by atoms with Gasteiger partial charge in [0.1, 0.15) is 22.9 Å². The Labute approximate surface area is 305 Å². The van der Waals surface area contributed by atoms with Gasteiger partial charge in [0.05, 0.1) is 12.5 Å². The van der Waals surface area contributed by atoms with Crippen LogP contribution in [-0.2, 0) is 22.3 Å². The first kappa shape index (κ1) is 41.2. The Hall–Kier alpha value is -4.59. The Kier molecular flexibility index (Phi) is 13.6. The van der Waals surface area contributed by atoms with Crippen LogP contribution >= 0.6 is 0 Å². The van der Waals surface area contributed by atoms with Crippen molar-refractivity contribution in [3.8, 4) is 11.1 Å². The molecule has 1 atom stereocenters. The molecule has 0 radical (unpaired) electrons. The van der Waals surface area contributed by atoms with Gasteiger partial charge in [-0.05, 0) is 122 Å². The number of nitrogens with zero attached hydrogens (tertiary/aromatic N) is 2. The highest BCUT2D eigenvalue weighted by molar-refractivity contribution is 5.93. The second kappa shape index (κ2) is 17.5. The number of alkyl halides is 3. The molecule has 2 aliphatic heterocycles. The van der Waals surface area contributed by atoms with E-state index in [4.69, 9.17) is 5.11 Å². The van der Waals surface area contributed by atoms with Crippen molar-refractivity contribution in [3.63, 3.8) is 0 Å². The van der Waals surface area contributed by atoms with E-state index in [1.54, 1.807) is 26.8 Å². The zero-order chi connectivity index (χ0) is 39.2. The van der Waals surface area contributed by atoms with Crippen LogP contribution in [0.3, 0.4) is 0 Å². The van der Waals surface area contributed by atoms with Crippen LogP contribution in [0, 0.1) is 50.2 Å². The number of carboxylic acid groups (broad SMARTS) is 1. The molecule has 9 nitrogen and oxygen atoms in total. The van der Waals surface area contributed by atoms with Crippen molar-refractivity contribution in [1.82, 2.24) is 20.1 Å². The molecule has 3 heterocycles. The lowest BCUT2D eigenvalue weighted by molar-refractivity contribution is -0.144. The highest BCUT2D eigenvalue weighted by Gasteiger charge is 2.38. The minimum atomic E-state index is -4.64. The molecule has 2 aromatic carbocycles. The Morgan fingerprint density at radius 2 is 1.58 bits per heavy atom. The number of halogens is 5. The molecule has 53 heavy (non-hydrogen) atoms. The van der Waals surface area contributed by atoms with E-state index in [0.29, 0.717) is 59.5 Å². The number of carbonyl (C=O) groups is 3. The van der Waals surface area contributed by atoms with Crippen LogP contribution in [0.15, 0.2) is 41.2 Å². The summed E-state index contributed by atoms with van der Waals surface area (Å²) < 4.78 is 69.1. The lowest BCUT2D eigenvalue weighted by Crippen LogP contribution is -2.50. The van der Waals surface area contributed by atoms with Gasteiger partial charge in [-0.2, -0.15) is 13.2 Å². The van der Waals surface area contributed by atoms with Crippen LogP contribution in [0.4, 0.5) is 22.0 Å². The molecule has 2 bridgehead atoms. The van der Waals surface area contributed by atoms with E-state index in [-0.39, 0.29) is 23.5 Å². The van der Waals surface area contributed by atoms with E-state index in [9.17, 15) is 41.1 Å². The number of aryl methyl sites for hydroxylation is 3. The summed E-state index contributed by atoms with van der Waals surface area (Å²) in [6.45, 7) is 11.5. The predicted octanol–water partition coefficient (Wildman–Crippen LogP) is 6.80. The molecule has 1 aliphatic carbocycles. The van der Waals surface area contributed by atoms with Gasteiger partial charge in [-0.15, -0.1) is 0 Å². The standard InChI is InChI=1S/C20H28F3N3O2.C19H19F2NO3/c1-13(2)5-6-24-18(27)16-3-4-17(20(21,22)23)26(19(16)28)8-7-25-11-14-9-15(10-14)12-25;1-10-5-14(20)6-11(2)18(10)13-4-12(3)19(21)15(7-13)16(22-9-23)8-17(24)25/h3-4,13-15H,5-12H2,1-2H3,(H,24,27);4-7,9,16H,8H2,1-3H3,(H,22,23)(H,24,25)/t;16-/m.0/s1. The largest absolute Gasteiger partial charge is 0.481 e. The first-order chi connectivity index (χ1) is 24.9. The molecule has 6 rings (SSSR count). The summed E-state index contributed by atoms with van der Waals surface area (Å²) in [7, 11) is 0. The molecule has 0 unspecified atom stereocenters. The fourth-order valence-corrected chi connectivity index (χ4v) is 7.27. The average Bonchev–Trinajstić information content (AvgIpc) is 3.04. The third-order valence-corrected chi connectivity index (χ3v) is 9.81. The van der Waals surface area contributed by atoms with Gasteiger partial charge < -0.3 is 25.2 Å². The number of pyridine rings is 1. The van der Waals surface area contributed by atoms with Crippen molar-refractivity contribution in [2.75, 3.05) is 26.2 Å². The summed E-state index contributed by atoms with van der Waals surface area (Å²) in [5.74, 6) is -1.05. The number of aliphatic carboxylic acids is 1. The van der Waals surface area contributed by atoms with Gasteiger partial charge in [0.15, 0.2) is 0 Å². The van der Waals surface area contributed by atoms with Crippen LogP contribution < -0.4 is 16.2 Å². The van der Waals surface area contributed by atoms with Gasteiger partial charge in [0, 0.05) is 38.3 Å². The molecule has 2 amide bonds. The van der Waals surface area contributed by atoms with Crippen molar-refractivity contribution >= 4 is 18.3 Å². The van der Waals surface area contributed by atoms with E-state index in [1.165, 1.54) is 31.0 Å². The number of fused-ring (bicyclic) bond motifs is 2. The number of aromatic nitrogens is 1. The van der Waals surface area contributed by atoms with Gasteiger partial charge in [-0.1, -0.05) is 13.8 Å². The minimum Gasteiger partial charge on any atom is -0.481 e. The minimum absolute atomic E-state index is 0.0692. The number of piperidine rings is 2. The maximum absolute atomic E-state index is 14.6. The van der Waals surface area contributed by atoms with Crippen LogP contribution in [0.1, 0.15) is 83.9 Å². The van der Waals surface area contributed by atoms with E-state index in [2.05, 4.69) is 15.5 Å². The Balaban J connectivity index is 0.000000238. The van der Waals surface area contributed by atoms with Crippen LogP contribution in [0.25, 0.3) is 11.1 Å². The van der Waals surface area contributed by atoms with Crippen molar-refractivity contribution in [3.05, 3.63) is 91.9 Å². The van der Waals surface area contributed by atoms with Gasteiger partial charge in [0.25, 0.3) is 11.5 Å². The molecule has 1 saturated carbocycles. The molecular formula is C39H47F5N4O5. The third kappa shape index (κ3) is 10.5. The summed E-state index contributed by atoms with van der Waals surface area (Å²) in [6, 6.07) is 6.76. The van der Waals surface area contributed by atoms with Crippen LogP contribution in [0.5, 0.6) is 0 Å². The lowest BCUT2D eigenvalue weighted by Gasteiger charge is -2.47. The molecule has 1 aromatic heterocycles. The number of rotatable bonds is 13. The van der Waals surface area contributed by atoms with E-state index in [0.717, 1.165) is 41.8 Å². The summed E-state index contributed by atoms with van der Waals surface area (Å²) >= 11 is 0. The first-order valence-electron chi connectivity index (χ1n) is 17.7. The van der Waals surface area contributed by atoms with Crippen LogP contribution in [-0.4, -0.2) is 59.0 Å². The Bertz CT molecular complexity index is 1840. The smallest absolute Gasteiger partial charge is 0.431 e. The SMILES string of the molecule is CC(C)CCNC(=O)c1ccc(C(F)(F)F)n(CCN2CC3CC(C3)C2)c1=O.Cc1cc(-c2c(C)cc(F)cc2C)cc([C@H](CC(=O)O)NC=O)c1F. The molecule has 2 saturated heterocycles. The number of hydrogen-bond acceptors (Lipinski definition) is 5. The lowest BCUT2D eigenvalue weighted by atomic mass is 9.71. The monoisotopic (exact) mass is 746 g/mol. The summed E-state index contributed by atoms with van der Waals surface area (Å²) in [4.78, 5) is 49.0. The summed E-state index contributed by atoms with van der Waals surface area (Å²) in [6.07, 6.45) is -1.59. The molecule has 288 valence electrons. The van der Waals surface area contributed by atoms with Gasteiger partial charge in [0.2, 0.25) is 6.41 Å². The van der Waals surface area contributed by atoms with Crippen molar-refractivity contribution in [1.29, 1.82) is 0 Å². The Morgan fingerprint density at radius 1 is 0.962 bits per heavy atom. The number of amides is 2. The predicted molar refractivity (Wildman–Crippen MR) is 190 cm³/mol. The van der Waals surface area contributed by atoms with Crippen molar-refractivity contribution < 1.29 is 41.4 Å². The quantitative estimate of drug-likeness (QED) is 0.131. The Morgan fingerprint density at radius 3 is 2.13 bits per heavy atom. The van der Waals surface area contributed by atoms with Gasteiger partial charge in [-0.3, -0.25) is 19.2 Å². The highest BCUT2D eigenvalue weighted by atomic mass is 19.4. The summed E-state index contributed by atoms with van der Waals surface area (Å²) in [5.41, 5.74) is 1.07. The number of carboxylic acids is 1. The number of benzene rings is 2. The van der Waals surface area contributed by atoms with E-state index < -0.39 is 47.6 Å². The normalized spacial score (nSPS) is 17.3. The van der Waals surface area contributed by atoms with E-state index in [1.807, 2.05) is 13.8 Å². The fraction of sp³-hybridized carbons (Fsp3) is 0.487. The zero-order valence-electron chi connectivity index (χ0n) is 30.6. The third-order valence-electron chi connectivity index (χ3n) is 9.81. The van der Waals surface area contributed by atoms with E-state index >= 15 is 0 Å². The van der Waals surface area contributed by atoms with Crippen molar-refractivity contribution in [2.45, 2.75) is 79.1 Å². The molecule has 3 fully saturated rings. The van der Waals surface area contributed by atoms with Crippen molar-refractivity contribution in [2.24, 2.45) is 17.8 Å². The molecule has 14 heteroatoms. The van der Waals surface area contributed by atoms with Gasteiger partial charge in [-0.25, -0.2) is 8.78 Å². The zero-order valence-corrected chi connectivity index (χ0v) is 30.6. The fourth-order valence-electron chi connectivity index (χ4n) is 7.27. The highest BCUT2D eigenvalue weighted by Crippen LogP contribution is 2.39. The second-order valence-electron chi connectivity index (χ2n) is 14.5. The maximum atomic E-state index is 14.6. The molecular weight excluding hydrogens is 699 g/mol. The molecule has 3 aliphatic rings. The van der Waals surface area contributed by atoms with Crippen LogP contribution in [0.2, 0.25) is 0 Å². The topological polar surface area (TPSA) is 121 Å². The number of hydrogen-bond donors (Lipinski definition) is 3. The second-order valence-corrected chi connectivity index (χ2v) is 14.5. The molecule has 3 aromatic rings. The average molecular weight is 747 g/mol. The maximum Gasteiger partial charge on any atom is 0.431 e. The summed E-state index contributed by atoms with van der Waals surface area (Å²) in [5, 5.41) is 14.0.